The van der Waals surface area contributed by atoms with Crippen molar-refractivity contribution in [3.05, 3.63) is 48.5 Å². The van der Waals surface area contributed by atoms with Crippen LogP contribution in [-0.4, -0.2) is 25.7 Å². The molecule has 3 aromatic rings. The summed E-state index contributed by atoms with van der Waals surface area (Å²) in [6.45, 7) is 4.22. The zero-order valence-electron chi connectivity index (χ0n) is 12.9. The van der Waals surface area contributed by atoms with Gasteiger partial charge in [0.2, 0.25) is 5.88 Å². The number of carboxylic acid groups (broad SMARTS) is 1. The average molecular weight is 311 g/mol. The Morgan fingerprint density at radius 3 is 2.87 bits per heavy atom. The van der Waals surface area contributed by atoms with Gasteiger partial charge in [0, 0.05) is 30.3 Å². The normalized spacial score (nSPS) is 11.1. The van der Waals surface area contributed by atoms with Crippen molar-refractivity contribution in [1.82, 2.24) is 14.5 Å². The van der Waals surface area contributed by atoms with E-state index >= 15 is 0 Å². The molecule has 1 aromatic carbocycles. The molecule has 0 atom stereocenters. The van der Waals surface area contributed by atoms with Crippen molar-refractivity contribution in [2.45, 2.75) is 20.3 Å². The van der Waals surface area contributed by atoms with Crippen molar-refractivity contribution in [3.63, 3.8) is 0 Å². The lowest BCUT2D eigenvalue weighted by Gasteiger charge is -2.08. The molecule has 0 aliphatic rings. The van der Waals surface area contributed by atoms with Gasteiger partial charge in [-0.3, -0.25) is 4.57 Å². The SMILES string of the molecule is CC(C)Cc1nccc(Oc2ccc3c(ccn3C(=O)O)c2)n1. The van der Waals surface area contributed by atoms with E-state index in [1.807, 2.05) is 0 Å². The molecule has 0 amide bonds. The molecule has 0 aliphatic carbocycles. The molecule has 0 radical (unpaired) electrons. The summed E-state index contributed by atoms with van der Waals surface area (Å²) in [5.74, 6) is 2.30. The predicted molar refractivity (Wildman–Crippen MR) is 86.0 cm³/mol. The van der Waals surface area contributed by atoms with Gasteiger partial charge in [-0.1, -0.05) is 13.8 Å². The summed E-state index contributed by atoms with van der Waals surface area (Å²) in [4.78, 5) is 19.7. The van der Waals surface area contributed by atoms with Crippen LogP contribution in [-0.2, 0) is 6.42 Å². The van der Waals surface area contributed by atoms with E-state index in [0.717, 1.165) is 17.6 Å². The second-order valence-corrected chi connectivity index (χ2v) is 5.70. The minimum Gasteiger partial charge on any atom is -0.464 e. The summed E-state index contributed by atoms with van der Waals surface area (Å²) in [6, 6.07) is 8.68. The van der Waals surface area contributed by atoms with Crippen LogP contribution in [0, 0.1) is 5.92 Å². The first-order valence-corrected chi connectivity index (χ1v) is 7.37. The molecule has 118 valence electrons. The molecule has 0 saturated carbocycles. The Bertz CT molecular complexity index is 855. The van der Waals surface area contributed by atoms with E-state index < -0.39 is 6.09 Å². The summed E-state index contributed by atoms with van der Waals surface area (Å²) < 4.78 is 6.94. The molecule has 0 aliphatic heterocycles. The van der Waals surface area contributed by atoms with Crippen molar-refractivity contribution in [1.29, 1.82) is 0 Å². The average Bonchev–Trinajstić information content (AvgIpc) is 2.90. The van der Waals surface area contributed by atoms with E-state index in [2.05, 4.69) is 23.8 Å². The molecule has 0 bridgehead atoms. The molecule has 23 heavy (non-hydrogen) atoms. The van der Waals surface area contributed by atoms with Crippen LogP contribution in [0.4, 0.5) is 4.79 Å². The smallest absolute Gasteiger partial charge is 0.415 e. The van der Waals surface area contributed by atoms with Crippen LogP contribution in [0.25, 0.3) is 10.9 Å². The molecule has 2 heterocycles. The largest absolute Gasteiger partial charge is 0.464 e. The lowest BCUT2D eigenvalue weighted by atomic mass is 10.1. The van der Waals surface area contributed by atoms with E-state index in [9.17, 15) is 4.79 Å². The zero-order valence-corrected chi connectivity index (χ0v) is 12.9. The van der Waals surface area contributed by atoms with Gasteiger partial charge in [-0.25, -0.2) is 9.78 Å². The number of hydrogen-bond acceptors (Lipinski definition) is 4. The van der Waals surface area contributed by atoms with Crippen molar-refractivity contribution in [2.24, 2.45) is 5.92 Å². The lowest BCUT2D eigenvalue weighted by molar-refractivity contribution is 0.197. The van der Waals surface area contributed by atoms with Crippen LogP contribution in [0.2, 0.25) is 0 Å². The Morgan fingerprint density at radius 1 is 1.30 bits per heavy atom. The maximum atomic E-state index is 11.1. The molecule has 0 fully saturated rings. The summed E-state index contributed by atoms with van der Waals surface area (Å²) >= 11 is 0. The minimum absolute atomic E-state index is 0.470. The molecule has 1 N–H and O–H groups in total. The van der Waals surface area contributed by atoms with Gasteiger partial charge in [-0.05, 0) is 30.2 Å². The number of ether oxygens (including phenoxy) is 1. The molecule has 6 nitrogen and oxygen atoms in total. The fraction of sp³-hybridized carbons (Fsp3) is 0.235. The molecular formula is C17H17N3O3. The van der Waals surface area contributed by atoms with E-state index in [1.165, 1.54) is 10.8 Å². The lowest BCUT2D eigenvalue weighted by Crippen LogP contribution is -2.05. The first kappa shape index (κ1) is 15.0. The molecule has 3 rings (SSSR count). The maximum Gasteiger partial charge on any atom is 0.415 e. The number of benzene rings is 1. The maximum absolute atomic E-state index is 11.1. The molecule has 6 heteroatoms. The van der Waals surface area contributed by atoms with Gasteiger partial charge in [-0.15, -0.1) is 0 Å². The Hall–Kier alpha value is -2.89. The molecule has 0 unspecified atom stereocenters. The summed E-state index contributed by atoms with van der Waals surface area (Å²) in [6.07, 6.45) is 2.97. The highest BCUT2D eigenvalue weighted by molar-refractivity contribution is 5.89. The van der Waals surface area contributed by atoms with Gasteiger partial charge in [0.15, 0.2) is 0 Å². The first-order valence-electron chi connectivity index (χ1n) is 7.37. The summed E-state index contributed by atoms with van der Waals surface area (Å²) in [5.41, 5.74) is 0.619. The summed E-state index contributed by atoms with van der Waals surface area (Å²) in [5, 5.41) is 9.89. The Morgan fingerprint density at radius 2 is 2.13 bits per heavy atom. The summed E-state index contributed by atoms with van der Waals surface area (Å²) in [7, 11) is 0. The van der Waals surface area contributed by atoms with Crippen LogP contribution < -0.4 is 4.74 Å². The second kappa shape index (κ2) is 6.08. The molecule has 2 aromatic heterocycles. The van der Waals surface area contributed by atoms with Gasteiger partial charge in [-0.2, -0.15) is 4.98 Å². The third-order valence-corrected chi connectivity index (χ3v) is 3.36. The Labute approximate surface area is 133 Å². The van der Waals surface area contributed by atoms with Crippen molar-refractivity contribution in [2.75, 3.05) is 0 Å². The Kier molecular flexibility index (Phi) is 3.97. The van der Waals surface area contributed by atoms with E-state index in [0.29, 0.717) is 23.1 Å². The topological polar surface area (TPSA) is 77.2 Å². The van der Waals surface area contributed by atoms with Crippen molar-refractivity contribution in [3.8, 4) is 11.6 Å². The predicted octanol–water partition coefficient (Wildman–Crippen LogP) is 3.95. The Balaban J connectivity index is 1.85. The minimum atomic E-state index is -1.01. The molecule has 0 saturated heterocycles. The number of aromatic nitrogens is 3. The van der Waals surface area contributed by atoms with Gasteiger partial charge in [0.25, 0.3) is 0 Å². The van der Waals surface area contributed by atoms with Crippen LogP contribution in [0.5, 0.6) is 11.6 Å². The standard InChI is InChI=1S/C17H17N3O3/c1-11(2)9-15-18-7-5-16(19-15)23-13-3-4-14-12(10-13)6-8-20(14)17(21)22/h3-8,10-11H,9H2,1-2H3,(H,21,22). The van der Waals surface area contributed by atoms with Gasteiger partial charge >= 0.3 is 6.09 Å². The highest BCUT2D eigenvalue weighted by Gasteiger charge is 2.09. The number of rotatable bonds is 4. The third-order valence-electron chi connectivity index (χ3n) is 3.36. The number of nitrogens with zero attached hydrogens (tertiary/aromatic N) is 3. The zero-order chi connectivity index (χ0) is 16.4. The number of fused-ring (bicyclic) bond motifs is 1. The van der Waals surface area contributed by atoms with Crippen molar-refractivity contribution < 1.29 is 14.6 Å². The quantitative estimate of drug-likeness (QED) is 0.789. The molecular weight excluding hydrogens is 294 g/mol. The van der Waals surface area contributed by atoms with Crippen LogP contribution >= 0.6 is 0 Å². The van der Waals surface area contributed by atoms with E-state index in [-0.39, 0.29) is 0 Å². The third kappa shape index (κ3) is 3.31. The van der Waals surface area contributed by atoms with Crippen LogP contribution in [0.3, 0.4) is 0 Å². The monoisotopic (exact) mass is 311 g/mol. The number of carbonyl (C=O) groups is 1. The fourth-order valence-electron chi connectivity index (χ4n) is 2.37. The van der Waals surface area contributed by atoms with Crippen LogP contribution in [0.1, 0.15) is 19.7 Å². The van der Waals surface area contributed by atoms with Gasteiger partial charge in [0.05, 0.1) is 5.52 Å². The van der Waals surface area contributed by atoms with E-state index in [1.54, 1.807) is 36.5 Å². The highest BCUT2D eigenvalue weighted by Crippen LogP contribution is 2.25. The van der Waals surface area contributed by atoms with Gasteiger partial charge < -0.3 is 9.84 Å². The van der Waals surface area contributed by atoms with Gasteiger partial charge in [0.1, 0.15) is 11.6 Å². The first-order chi connectivity index (χ1) is 11.0. The second-order valence-electron chi connectivity index (χ2n) is 5.70. The van der Waals surface area contributed by atoms with Crippen molar-refractivity contribution >= 4 is 17.0 Å². The fourth-order valence-corrected chi connectivity index (χ4v) is 2.37. The van der Waals surface area contributed by atoms with E-state index in [4.69, 9.17) is 9.84 Å². The highest BCUT2D eigenvalue weighted by atomic mass is 16.5. The molecule has 0 spiro atoms. The van der Waals surface area contributed by atoms with Crippen LogP contribution in [0.15, 0.2) is 42.7 Å². The number of hydrogen-bond donors (Lipinski definition) is 1.